The minimum Gasteiger partial charge on any atom is -0.340 e. The third-order valence-electron chi connectivity index (χ3n) is 5.30. The number of thiophene rings is 1. The van der Waals surface area contributed by atoms with Crippen LogP contribution in [0.5, 0.6) is 0 Å². The smallest absolute Gasteiger partial charge is 0.227 e. The van der Waals surface area contributed by atoms with Crippen molar-refractivity contribution in [3.05, 3.63) is 64.7 Å². The molecule has 1 aromatic carbocycles. The minimum absolute atomic E-state index is 0.111. The molecule has 2 aromatic heterocycles. The molecule has 1 aliphatic heterocycles. The van der Waals surface area contributed by atoms with Gasteiger partial charge in [0, 0.05) is 7.05 Å². The molecule has 0 radical (unpaired) electrons. The molecule has 1 unspecified atom stereocenters. The molecule has 146 valence electrons. The molecule has 6 heteroatoms. The van der Waals surface area contributed by atoms with E-state index in [4.69, 9.17) is 0 Å². The average Bonchev–Trinajstić information content (AvgIpc) is 3.46. The highest BCUT2D eigenvalue weighted by Crippen LogP contribution is 2.23. The van der Waals surface area contributed by atoms with Crippen LogP contribution in [0.15, 0.2) is 47.8 Å². The summed E-state index contributed by atoms with van der Waals surface area (Å²) in [5, 5.41) is 12.8. The third kappa shape index (κ3) is 4.69. The maximum atomic E-state index is 12.6. The van der Waals surface area contributed by atoms with E-state index in [2.05, 4.69) is 39.8 Å². The number of carbonyl (C=O) groups excluding carboxylic acids is 1. The van der Waals surface area contributed by atoms with Gasteiger partial charge in [0.1, 0.15) is 5.69 Å². The van der Waals surface area contributed by atoms with Gasteiger partial charge in [-0.3, -0.25) is 9.89 Å². The van der Waals surface area contributed by atoms with E-state index in [9.17, 15) is 4.79 Å². The summed E-state index contributed by atoms with van der Waals surface area (Å²) < 4.78 is 0. The summed E-state index contributed by atoms with van der Waals surface area (Å²) in [6.07, 6.45) is 2.80. The Hall–Kier alpha value is -2.44. The maximum absolute atomic E-state index is 12.6. The molecule has 0 aliphatic carbocycles. The Bertz CT molecular complexity index is 895. The third-order valence-corrected chi connectivity index (χ3v) is 6.20. The number of carbonyl (C=O) groups is 1. The number of nitrogens with zero attached hydrogens (tertiary/aromatic N) is 2. The van der Waals surface area contributed by atoms with Crippen molar-refractivity contribution in [3.63, 3.8) is 0 Å². The van der Waals surface area contributed by atoms with Gasteiger partial charge in [0.15, 0.2) is 0 Å². The Balaban J connectivity index is 1.30. The van der Waals surface area contributed by atoms with E-state index >= 15 is 0 Å². The van der Waals surface area contributed by atoms with Gasteiger partial charge in [-0.2, -0.15) is 5.10 Å². The molecule has 3 heterocycles. The molecule has 1 aliphatic rings. The second-order valence-corrected chi connectivity index (χ2v) is 8.51. The predicted octanol–water partition coefficient (Wildman–Crippen LogP) is 3.49. The highest BCUT2D eigenvalue weighted by Gasteiger charge is 2.15. The fourth-order valence-corrected chi connectivity index (χ4v) is 4.35. The van der Waals surface area contributed by atoms with Gasteiger partial charge < -0.3 is 10.2 Å². The largest absolute Gasteiger partial charge is 0.340 e. The minimum atomic E-state index is 0.111. The summed E-state index contributed by atoms with van der Waals surface area (Å²) in [6.45, 7) is 2.78. The van der Waals surface area contributed by atoms with Gasteiger partial charge in [0.2, 0.25) is 5.91 Å². The molecule has 1 amide bonds. The molecule has 5 nitrogen and oxygen atoms in total. The Morgan fingerprint density at radius 3 is 2.79 bits per heavy atom. The number of aromatic amines is 1. The number of hydrogen-bond acceptors (Lipinski definition) is 4. The van der Waals surface area contributed by atoms with Crippen molar-refractivity contribution in [2.75, 3.05) is 20.1 Å². The lowest BCUT2D eigenvalue weighted by Gasteiger charge is -2.16. The van der Waals surface area contributed by atoms with Crippen LogP contribution < -0.4 is 5.32 Å². The first-order valence-electron chi connectivity index (χ1n) is 9.78. The molecule has 1 saturated heterocycles. The van der Waals surface area contributed by atoms with Crippen molar-refractivity contribution in [1.29, 1.82) is 0 Å². The van der Waals surface area contributed by atoms with E-state index in [0.29, 0.717) is 13.0 Å². The van der Waals surface area contributed by atoms with Gasteiger partial charge in [-0.05, 0) is 60.5 Å². The highest BCUT2D eigenvalue weighted by atomic mass is 32.1. The van der Waals surface area contributed by atoms with Crippen LogP contribution in [0.4, 0.5) is 0 Å². The second-order valence-electron chi connectivity index (χ2n) is 7.56. The lowest BCUT2D eigenvalue weighted by molar-refractivity contribution is -0.129. The molecule has 0 spiro atoms. The van der Waals surface area contributed by atoms with E-state index in [0.717, 1.165) is 47.3 Å². The average molecular weight is 395 g/mol. The van der Waals surface area contributed by atoms with E-state index in [1.807, 2.05) is 30.6 Å². The van der Waals surface area contributed by atoms with Crippen LogP contribution in [-0.2, 0) is 24.2 Å². The predicted molar refractivity (Wildman–Crippen MR) is 113 cm³/mol. The normalized spacial score (nSPS) is 16.4. The van der Waals surface area contributed by atoms with E-state index < -0.39 is 0 Å². The van der Waals surface area contributed by atoms with Gasteiger partial charge in [-0.15, -0.1) is 11.3 Å². The first-order chi connectivity index (χ1) is 13.7. The molecule has 1 fully saturated rings. The van der Waals surface area contributed by atoms with Crippen molar-refractivity contribution in [3.8, 4) is 10.6 Å². The van der Waals surface area contributed by atoms with Crippen LogP contribution in [0.2, 0.25) is 0 Å². The van der Waals surface area contributed by atoms with Gasteiger partial charge in [0.25, 0.3) is 0 Å². The van der Waals surface area contributed by atoms with Crippen molar-refractivity contribution >= 4 is 17.2 Å². The Labute approximate surface area is 169 Å². The summed E-state index contributed by atoms with van der Waals surface area (Å²) in [4.78, 5) is 15.5. The van der Waals surface area contributed by atoms with Crippen molar-refractivity contribution in [2.24, 2.45) is 5.92 Å². The number of aromatic nitrogens is 2. The molecule has 1 atom stereocenters. The summed E-state index contributed by atoms with van der Waals surface area (Å²) in [5.41, 5.74) is 4.30. The molecular weight excluding hydrogens is 368 g/mol. The number of likely N-dealkylation sites (N-methyl/N-ethyl adjacent to an activating group) is 1. The molecule has 3 aromatic rings. The van der Waals surface area contributed by atoms with Crippen molar-refractivity contribution in [2.45, 2.75) is 25.8 Å². The second kappa shape index (κ2) is 8.71. The van der Waals surface area contributed by atoms with Gasteiger partial charge in [0.05, 0.1) is 23.5 Å². The first-order valence-corrected chi connectivity index (χ1v) is 10.7. The lowest BCUT2D eigenvalue weighted by Crippen LogP contribution is -2.27. The van der Waals surface area contributed by atoms with Gasteiger partial charge in [-0.25, -0.2) is 0 Å². The Kier molecular flexibility index (Phi) is 5.88. The van der Waals surface area contributed by atoms with Crippen LogP contribution in [0.3, 0.4) is 0 Å². The zero-order valence-corrected chi connectivity index (χ0v) is 17.0. The number of amides is 1. The quantitative estimate of drug-likeness (QED) is 0.645. The molecule has 0 bridgehead atoms. The van der Waals surface area contributed by atoms with Crippen molar-refractivity contribution in [1.82, 2.24) is 20.4 Å². The first kappa shape index (κ1) is 18.9. The van der Waals surface area contributed by atoms with E-state index in [1.165, 1.54) is 12.0 Å². The van der Waals surface area contributed by atoms with E-state index in [1.54, 1.807) is 16.2 Å². The molecule has 4 rings (SSSR count). The van der Waals surface area contributed by atoms with Crippen LogP contribution in [0, 0.1) is 5.92 Å². The fourth-order valence-electron chi connectivity index (χ4n) is 3.66. The maximum Gasteiger partial charge on any atom is 0.227 e. The summed E-state index contributed by atoms with van der Waals surface area (Å²) >= 11 is 1.66. The highest BCUT2D eigenvalue weighted by molar-refractivity contribution is 7.13. The lowest BCUT2D eigenvalue weighted by atomic mass is 9.97. The number of benzene rings is 1. The fraction of sp³-hybridized carbons (Fsp3) is 0.364. The van der Waals surface area contributed by atoms with Gasteiger partial charge in [-0.1, -0.05) is 30.3 Å². The topological polar surface area (TPSA) is 61.0 Å². The summed E-state index contributed by atoms with van der Waals surface area (Å²) in [7, 11) is 1.84. The number of H-pyrrole nitrogens is 1. The van der Waals surface area contributed by atoms with Crippen LogP contribution in [0.25, 0.3) is 10.6 Å². The number of hydrogen-bond donors (Lipinski definition) is 2. The standard InChI is InChI=1S/C22H26N4OS/c1-26(15-19-13-20(25-24-19)21-3-2-10-28-21)22(27)12-17-6-4-16(5-7-17)11-18-8-9-23-14-18/h2-7,10,13,18,23H,8-9,11-12,14-15H2,1H3,(H,24,25). The van der Waals surface area contributed by atoms with Crippen LogP contribution in [-0.4, -0.2) is 41.1 Å². The van der Waals surface area contributed by atoms with Crippen LogP contribution in [0.1, 0.15) is 23.2 Å². The van der Waals surface area contributed by atoms with Crippen molar-refractivity contribution < 1.29 is 4.79 Å². The molecular formula is C22H26N4OS. The number of rotatable bonds is 7. The van der Waals surface area contributed by atoms with E-state index in [-0.39, 0.29) is 5.91 Å². The zero-order valence-electron chi connectivity index (χ0n) is 16.1. The molecule has 2 N–H and O–H groups in total. The summed E-state index contributed by atoms with van der Waals surface area (Å²) in [5.74, 6) is 0.854. The molecule has 0 saturated carbocycles. The monoisotopic (exact) mass is 394 g/mol. The summed E-state index contributed by atoms with van der Waals surface area (Å²) in [6, 6.07) is 14.6. The molecule has 28 heavy (non-hydrogen) atoms. The number of nitrogens with one attached hydrogen (secondary N) is 2. The Morgan fingerprint density at radius 2 is 2.07 bits per heavy atom. The SMILES string of the molecule is CN(Cc1cc(-c2cccs2)n[nH]1)C(=O)Cc1ccc(CC2CCNC2)cc1. The Morgan fingerprint density at radius 1 is 1.25 bits per heavy atom. The van der Waals surface area contributed by atoms with Gasteiger partial charge >= 0.3 is 0 Å². The zero-order chi connectivity index (χ0) is 19.3. The van der Waals surface area contributed by atoms with Crippen LogP contribution >= 0.6 is 11.3 Å².